The summed E-state index contributed by atoms with van der Waals surface area (Å²) in [6.45, 7) is 2.27. The van der Waals surface area contributed by atoms with Gasteiger partial charge in [-0.1, -0.05) is 41.4 Å². The Bertz CT molecular complexity index is 1360. The van der Waals surface area contributed by atoms with Crippen LogP contribution in [-0.4, -0.2) is 19.7 Å². The van der Waals surface area contributed by atoms with Crippen LogP contribution in [0, 0.1) is 6.92 Å². The van der Waals surface area contributed by atoms with E-state index in [0.29, 0.717) is 34.9 Å². The topological polar surface area (TPSA) is 75.0 Å². The number of carbonyl (C=O) groups is 1. The SMILES string of the molecule is COc1ccc(OCCCC(=O)Oc2c(-c3ccc(C)cc3)oc3ccc(Cl)cc3c2=O)cc1. The molecule has 0 radical (unpaired) electrons. The number of carbonyl (C=O) groups excluding carboxylic acids is 1. The van der Waals surface area contributed by atoms with Gasteiger partial charge in [-0.15, -0.1) is 0 Å². The number of benzene rings is 3. The Balaban J connectivity index is 1.51. The van der Waals surface area contributed by atoms with E-state index in [2.05, 4.69) is 0 Å². The molecule has 0 atom stereocenters. The summed E-state index contributed by atoms with van der Waals surface area (Å²) in [6, 6.07) is 19.3. The van der Waals surface area contributed by atoms with Gasteiger partial charge in [-0.25, -0.2) is 0 Å². The third kappa shape index (κ3) is 5.41. The first-order chi connectivity index (χ1) is 16.4. The summed E-state index contributed by atoms with van der Waals surface area (Å²) in [6.07, 6.45) is 0.478. The molecule has 6 nitrogen and oxygen atoms in total. The number of rotatable bonds is 8. The highest BCUT2D eigenvalue weighted by Crippen LogP contribution is 2.32. The lowest BCUT2D eigenvalue weighted by atomic mass is 10.1. The fourth-order valence-corrected chi connectivity index (χ4v) is 3.55. The molecule has 0 saturated carbocycles. The van der Waals surface area contributed by atoms with Gasteiger partial charge in [0.05, 0.1) is 19.1 Å². The third-order valence-electron chi connectivity index (χ3n) is 5.19. The molecule has 0 N–H and O–H groups in total. The summed E-state index contributed by atoms with van der Waals surface area (Å²) in [7, 11) is 1.59. The predicted molar refractivity (Wildman–Crippen MR) is 131 cm³/mol. The molecule has 7 heteroatoms. The van der Waals surface area contributed by atoms with Crippen molar-refractivity contribution in [1.82, 2.24) is 0 Å². The molecule has 0 spiro atoms. The second-order valence-corrected chi connectivity index (χ2v) is 8.13. The van der Waals surface area contributed by atoms with Crippen molar-refractivity contribution in [2.45, 2.75) is 19.8 Å². The van der Waals surface area contributed by atoms with Gasteiger partial charge in [0.1, 0.15) is 17.1 Å². The van der Waals surface area contributed by atoms with Gasteiger partial charge in [0.15, 0.2) is 5.76 Å². The molecule has 0 fully saturated rings. The Kier molecular flexibility index (Phi) is 7.18. The highest BCUT2D eigenvalue weighted by molar-refractivity contribution is 6.31. The molecule has 34 heavy (non-hydrogen) atoms. The predicted octanol–water partition coefficient (Wildman–Crippen LogP) is 6.20. The Morgan fingerprint density at radius 1 is 0.971 bits per heavy atom. The number of hydrogen-bond donors (Lipinski definition) is 0. The van der Waals surface area contributed by atoms with Crippen molar-refractivity contribution >= 4 is 28.5 Å². The number of hydrogen-bond acceptors (Lipinski definition) is 6. The molecule has 0 bridgehead atoms. The van der Waals surface area contributed by atoms with Gasteiger partial charge in [-0.3, -0.25) is 9.59 Å². The second kappa shape index (κ2) is 10.4. The molecule has 0 unspecified atom stereocenters. The lowest BCUT2D eigenvalue weighted by Crippen LogP contribution is -2.16. The van der Waals surface area contributed by atoms with E-state index in [-0.39, 0.29) is 23.3 Å². The molecule has 0 aliphatic heterocycles. The molecule has 4 aromatic rings. The molecule has 174 valence electrons. The zero-order valence-corrected chi connectivity index (χ0v) is 19.6. The van der Waals surface area contributed by atoms with Crippen molar-refractivity contribution in [2.24, 2.45) is 0 Å². The molecule has 0 amide bonds. The molecule has 1 heterocycles. The van der Waals surface area contributed by atoms with E-state index < -0.39 is 11.4 Å². The summed E-state index contributed by atoms with van der Waals surface area (Å²) >= 11 is 6.07. The summed E-state index contributed by atoms with van der Waals surface area (Å²) in [5, 5.41) is 0.629. The number of methoxy groups -OCH3 is 1. The minimum absolute atomic E-state index is 0.0660. The summed E-state index contributed by atoms with van der Waals surface area (Å²) in [5.41, 5.74) is 1.58. The van der Waals surface area contributed by atoms with E-state index in [1.165, 1.54) is 6.07 Å². The van der Waals surface area contributed by atoms with Gasteiger partial charge in [0.2, 0.25) is 11.2 Å². The maximum absolute atomic E-state index is 13.2. The van der Waals surface area contributed by atoms with Crippen LogP contribution in [0.5, 0.6) is 17.2 Å². The number of ether oxygens (including phenoxy) is 3. The standard InChI is InChI=1S/C27H23ClO6/c1-17-5-7-18(8-6-17)26-27(25(30)22-16-19(28)9-14-23(22)33-26)34-24(29)4-3-15-32-21-12-10-20(31-2)11-13-21/h5-14,16H,3-4,15H2,1-2H3. The van der Waals surface area contributed by atoms with Crippen molar-refractivity contribution in [1.29, 1.82) is 0 Å². The maximum atomic E-state index is 13.2. The van der Waals surface area contributed by atoms with Crippen molar-refractivity contribution in [3.63, 3.8) is 0 Å². The largest absolute Gasteiger partial charge is 0.497 e. The third-order valence-corrected chi connectivity index (χ3v) is 5.43. The first kappa shape index (κ1) is 23.4. The molecule has 4 rings (SSSR count). The molecule has 0 aliphatic rings. The Morgan fingerprint density at radius 2 is 1.68 bits per heavy atom. The first-order valence-electron chi connectivity index (χ1n) is 10.8. The normalized spacial score (nSPS) is 10.8. The minimum atomic E-state index is -0.555. The van der Waals surface area contributed by atoms with E-state index in [9.17, 15) is 9.59 Å². The van der Waals surface area contributed by atoms with Crippen molar-refractivity contribution in [3.8, 4) is 28.6 Å². The number of aryl methyl sites for hydroxylation is 1. The summed E-state index contributed by atoms with van der Waals surface area (Å²) < 4.78 is 22.3. The highest BCUT2D eigenvalue weighted by atomic mass is 35.5. The van der Waals surface area contributed by atoms with E-state index in [0.717, 1.165) is 11.3 Å². The van der Waals surface area contributed by atoms with Gasteiger partial charge in [-0.2, -0.15) is 0 Å². The van der Waals surface area contributed by atoms with Crippen LogP contribution in [0.4, 0.5) is 0 Å². The van der Waals surface area contributed by atoms with Crippen molar-refractivity contribution < 1.29 is 23.4 Å². The Labute approximate surface area is 201 Å². The minimum Gasteiger partial charge on any atom is -0.497 e. The van der Waals surface area contributed by atoms with Crippen molar-refractivity contribution in [3.05, 3.63) is 87.5 Å². The molecule has 1 aromatic heterocycles. The maximum Gasteiger partial charge on any atom is 0.311 e. The van der Waals surface area contributed by atoms with Crippen LogP contribution < -0.4 is 19.6 Å². The van der Waals surface area contributed by atoms with Crippen LogP contribution >= 0.6 is 11.6 Å². The lowest BCUT2D eigenvalue weighted by Gasteiger charge is -2.11. The first-order valence-corrected chi connectivity index (χ1v) is 11.1. The van der Waals surface area contributed by atoms with Crippen LogP contribution in [0.1, 0.15) is 18.4 Å². The van der Waals surface area contributed by atoms with Crippen molar-refractivity contribution in [2.75, 3.05) is 13.7 Å². The fraction of sp³-hybridized carbons (Fsp3) is 0.185. The Morgan fingerprint density at radius 3 is 2.38 bits per heavy atom. The van der Waals surface area contributed by atoms with Crippen LogP contribution in [0.15, 0.2) is 75.9 Å². The second-order valence-electron chi connectivity index (χ2n) is 7.70. The van der Waals surface area contributed by atoms with Crippen LogP contribution in [0.2, 0.25) is 5.02 Å². The van der Waals surface area contributed by atoms with E-state index >= 15 is 0 Å². The van der Waals surface area contributed by atoms with Gasteiger partial charge in [0, 0.05) is 17.0 Å². The summed E-state index contributed by atoms with van der Waals surface area (Å²) in [4.78, 5) is 25.8. The number of halogens is 1. The van der Waals surface area contributed by atoms with Gasteiger partial charge < -0.3 is 18.6 Å². The lowest BCUT2D eigenvalue weighted by molar-refractivity contribution is -0.134. The highest BCUT2D eigenvalue weighted by Gasteiger charge is 2.20. The number of esters is 1. The molecule has 0 saturated heterocycles. The van der Waals surface area contributed by atoms with Crippen LogP contribution in [-0.2, 0) is 4.79 Å². The molecular formula is C27H23ClO6. The molecule has 0 aliphatic carbocycles. The molecular weight excluding hydrogens is 456 g/mol. The fourth-order valence-electron chi connectivity index (χ4n) is 3.38. The zero-order valence-electron chi connectivity index (χ0n) is 18.8. The quantitative estimate of drug-likeness (QED) is 0.222. The van der Waals surface area contributed by atoms with Crippen LogP contribution in [0.3, 0.4) is 0 Å². The smallest absolute Gasteiger partial charge is 0.311 e. The van der Waals surface area contributed by atoms with Gasteiger partial charge in [0.25, 0.3) is 0 Å². The van der Waals surface area contributed by atoms with E-state index in [1.54, 1.807) is 43.5 Å². The Hall–Kier alpha value is -3.77. The summed E-state index contributed by atoms with van der Waals surface area (Å²) in [5.74, 6) is 0.890. The molecule has 3 aromatic carbocycles. The van der Waals surface area contributed by atoms with Crippen LogP contribution in [0.25, 0.3) is 22.3 Å². The van der Waals surface area contributed by atoms with E-state index in [4.69, 9.17) is 30.2 Å². The average molecular weight is 479 g/mol. The van der Waals surface area contributed by atoms with E-state index in [1.807, 2.05) is 31.2 Å². The van der Waals surface area contributed by atoms with Gasteiger partial charge >= 0.3 is 5.97 Å². The average Bonchev–Trinajstić information content (AvgIpc) is 2.85. The number of fused-ring (bicyclic) bond motifs is 1. The monoisotopic (exact) mass is 478 g/mol. The zero-order chi connectivity index (χ0) is 24.1. The van der Waals surface area contributed by atoms with Gasteiger partial charge in [-0.05, 0) is 55.8 Å².